The van der Waals surface area contributed by atoms with Gasteiger partial charge in [0.25, 0.3) is 5.91 Å². The number of nitrogens with one attached hydrogen (secondary N) is 2. The molecule has 0 aromatic carbocycles. The first-order valence-electron chi connectivity index (χ1n) is 7.35. The molecular formula is C14H22N4O2. The van der Waals surface area contributed by atoms with Crippen molar-refractivity contribution in [1.82, 2.24) is 20.4 Å². The summed E-state index contributed by atoms with van der Waals surface area (Å²) in [5, 5.41) is 10.4. The van der Waals surface area contributed by atoms with Crippen molar-refractivity contribution in [2.24, 2.45) is 5.92 Å². The summed E-state index contributed by atoms with van der Waals surface area (Å²) in [6.07, 6.45) is 3.49. The summed E-state index contributed by atoms with van der Waals surface area (Å²) in [5.74, 6) is 0.738. The second-order valence-electron chi connectivity index (χ2n) is 5.70. The summed E-state index contributed by atoms with van der Waals surface area (Å²) >= 11 is 0. The second-order valence-corrected chi connectivity index (χ2v) is 5.70. The molecule has 1 amide bonds. The molecule has 6 heteroatoms. The molecule has 2 heterocycles. The van der Waals surface area contributed by atoms with E-state index in [1.165, 1.54) is 12.8 Å². The summed E-state index contributed by atoms with van der Waals surface area (Å²) in [5.41, 5.74) is 2.66. The topological polar surface area (TPSA) is 70.2 Å². The Labute approximate surface area is 118 Å². The van der Waals surface area contributed by atoms with Gasteiger partial charge in [-0.3, -0.25) is 9.89 Å². The molecule has 0 saturated heterocycles. The van der Waals surface area contributed by atoms with E-state index in [2.05, 4.69) is 15.5 Å². The number of amides is 1. The van der Waals surface area contributed by atoms with Crippen LogP contribution in [0.15, 0.2) is 0 Å². The zero-order chi connectivity index (χ0) is 13.9. The highest BCUT2D eigenvalue weighted by atomic mass is 16.5. The molecule has 2 N–H and O–H groups in total. The van der Waals surface area contributed by atoms with E-state index in [4.69, 9.17) is 4.74 Å². The predicted molar refractivity (Wildman–Crippen MR) is 74.5 cm³/mol. The van der Waals surface area contributed by atoms with Gasteiger partial charge in [-0.25, -0.2) is 0 Å². The standard InChI is InChI=1S/C14H22N4O2/c1-18(6-7-20-9-10-2-3-10)14(19)13-11-8-15-5-4-12(11)16-17-13/h10,15H,2-9H2,1H3,(H,16,17). The zero-order valence-electron chi connectivity index (χ0n) is 11.9. The first kappa shape index (κ1) is 13.6. The summed E-state index contributed by atoms with van der Waals surface area (Å²) in [6, 6.07) is 0. The Bertz CT molecular complexity index is 482. The highest BCUT2D eigenvalue weighted by Crippen LogP contribution is 2.28. The molecule has 1 saturated carbocycles. The largest absolute Gasteiger partial charge is 0.379 e. The van der Waals surface area contributed by atoms with Gasteiger partial charge in [-0.2, -0.15) is 5.10 Å². The van der Waals surface area contributed by atoms with Gasteiger partial charge < -0.3 is 15.0 Å². The minimum absolute atomic E-state index is 0.0266. The average Bonchev–Trinajstić information content (AvgIpc) is 3.20. The van der Waals surface area contributed by atoms with Crippen molar-refractivity contribution in [2.45, 2.75) is 25.8 Å². The molecule has 1 aliphatic carbocycles. The molecule has 1 aromatic rings. The lowest BCUT2D eigenvalue weighted by Crippen LogP contribution is -2.32. The molecule has 1 aliphatic heterocycles. The number of carbonyl (C=O) groups excluding carboxylic acids is 1. The van der Waals surface area contributed by atoms with Crippen molar-refractivity contribution in [3.8, 4) is 0 Å². The quantitative estimate of drug-likeness (QED) is 0.746. The van der Waals surface area contributed by atoms with Crippen molar-refractivity contribution < 1.29 is 9.53 Å². The number of carbonyl (C=O) groups is 1. The fourth-order valence-electron chi connectivity index (χ4n) is 2.42. The van der Waals surface area contributed by atoms with E-state index in [-0.39, 0.29) is 5.91 Å². The van der Waals surface area contributed by atoms with Crippen LogP contribution in [0.3, 0.4) is 0 Å². The van der Waals surface area contributed by atoms with Crippen LogP contribution in [-0.4, -0.2) is 54.4 Å². The number of rotatable bonds is 6. The van der Waals surface area contributed by atoms with E-state index < -0.39 is 0 Å². The lowest BCUT2D eigenvalue weighted by atomic mass is 10.1. The predicted octanol–water partition coefficient (Wildman–Crippen LogP) is 0.554. The van der Waals surface area contributed by atoms with Crippen LogP contribution >= 0.6 is 0 Å². The maximum absolute atomic E-state index is 12.4. The van der Waals surface area contributed by atoms with Gasteiger partial charge in [0.15, 0.2) is 5.69 Å². The molecule has 1 aromatic heterocycles. The van der Waals surface area contributed by atoms with Gasteiger partial charge >= 0.3 is 0 Å². The second kappa shape index (κ2) is 5.93. The third kappa shape index (κ3) is 3.02. The maximum atomic E-state index is 12.4. The number of hydrogen-bond acceptors (Lipinski definition) is 4. The minimum atomic E-state index is -0.0266. The lowest BCUT2D eigenvalue weighted by molar-refractivity contribution is 0.0675. The number of likely N-dealkylation sites (N-methyl/N-ethyl adjacent to an activating group) is 1. The maximum Gasteiger partial charge on any atom is 0.274 e. The third-order valence-corrected chi connectivity index (χ3v) is 3.98. The van der Waals surface area contributed by atoms with E-state index in [1.807, 2.05) is 0 Å². The molecule has 3 rings (SSSR count). The number of ether oxygens (including phenoxy) is 1. The fraction of sp³-hybridized carbons (Fsp3) is 0.714. The highest BCUT2D eigenvalue weighted by Gasteiger charge is 2.24. The van der Waals surface area contributed by atoms with Gasteiger partial charge in [0, 0.05) is 51.0 Å². The van der Waals surface area contributed by atoms with Gasteiger partial charge in [-0.15, -0.1) is 0 Å². The number of fused-ring (bicyclic) bond motifs is 1. The van der Waals surface area contributed by atoms with Crippen molar-refractivity contribution in [2.75, 3.05) is 33.4 Å². The SMILES string of the molecule is CN(CCOCC1CC1)C(=O)c1n[nH]c2c1CNCC2. The summed E-state index contributed by atoms with van der Waals surface area (Å²) in [6.45, 7) is 3.71. The smallest absolute Gasteiger partial charge is 0.274 e. The molecule has 2 aliphatic rings. The van der Waals surface area contributed by atoms with E-state index in [0.29, 0.717) is 18.8 Å². The van der Waals surface area contributed by atoms with Crippen molar-refractivity contribution >= 4 is 5.91 Å². The Morgan fingerprint density at radius 1 is 1.50 bits per heavy atom. The monoisotopic (exact) mass is 278 g/mol. The Balaban J connectivity index is 1.52. The normalized spacial score (nSPS) is 17.9. The van der Waals surface area contributed by atoms with Crippen LogP contribution < -0.4 is 5.32 Å². The van der Waals surface area contributed by atoms with Gasteiger partial charge in [-0.05, 0) is 18.8 Å². The van der Waals surface area contributed by atoms with Gasteiger partial charge in [0.2, 0.25) is 0 Å². The number of aromatic amines is 1. The Morgan fingerprint density at radius 3 is 3.15 bits per heavy atom. The number of H-pyrrole nitrogens is 1. The lowest BCUT2D eigenvalue weighted by Gasteiger charge is -2.18. The Morgan fingerprint density at radius 2 is 2.35 bits per heavy atom. The summed E-state index contributed by atoms with van der Waals surface area (Å²) < 4.78 is 5.57. The molecule has 6 nitrogen and oxygen atoms in total. The van der Waals surface area contributed by atoms with Crippen LogP contribution in [0.5, 0.6) is 0 Å². The molecule has 110 valence electrons. The molecule has 0 bridgehead atoms. The summed E-state index contributed by atoms with van der Waals surface area (Å²) in [7, 11) is 1.81. The van der Waals surface area contributed by atoms with E-state index in [1.54, 1.807) is 11.9 Å². The number of aromatic nitrogens is 2. The molecule has 0 spiro atoms. The van der Waals surface area contributed by atoms with Crippen LogP contribution in [0.2, 0.25) is 0 Å². The molecule has 0 unspecified atom stereocenters. The number of nitrogens with zero attached hydrogens (tertiary/aromatic N) is 2. The molecular weight excluding hydrogens is 256 g/mol. The van der Waals surface area contributed by atoms with E-state index >= 15 is 0 Å². The molecule has 20 heavy (non-hydrogen) atoms. The first-order chi connectivity index (χ1) is 9.75. The van der Waals surface area contributed by atoms with Crippen molar-refractivity contribution in [3.63, 3.8) is 0 Å². The van der Waals surface area contributed by atoms with Crippen LogP contribution in [0, 0.1) is 5.92 Å². The summed E-state index contributed by atoms with van der Waals surface area (Å²) in [4.78, 5) is 14.1. The zero-order valence-corrected chi connectivity index (χ0v) is 11.9. The van der Waals surface area contributed by atoms with Gasteiger partial charge in [-0.1, -0.05) is 0 Å². The van der Waals surface area contributed by atoms with Gasteiger partial charge in [0.05, 0.1) is 6.61 Å². The molecule has 0 radical (unpaired) electrons. The average molecular weight is 278 g/mol. The minimum Gasteiger partial charge on any atom is -0.379 e. The molecule has 0 atom stereocenters. The van der Waals surface area contributed by atoms with E-state index in [9.17, 15) is 4.79 Å². The van der Waals surface area contributed by atoms with Crippen LogP contribution in [0.4, 0.5) is 0 Å². The van der Waals surface area contributed by atoms with Crippen molar-refractivity contribution in [3.05, 3.63) is 17.0 Å². The Kier molecular flexibility index (Phi) is 4.03. The number of hydrogen-bond donors (Lipinski definition) is 2. The fourth-order valence-corrected chi connectivity index (χ4v) is 2.42. The van der Waals surface area contributed by atoms with Crippen molar-refractivity contribution in [1.29, 1.82) is 0 Å². The van der Waals surface area contributed by atoms with Crippen LogP contribution in [0.1, 0.15) is 34.6 Å². The van der Waals surface area contributed by atoms with Gasteiger partial charge in [0.1, 0.15) is 0 Å². The van der Waals surface area contributed by atoms with E-state index in [0.717, 1.165) is 43.3 Å². The molecule has 1 fully saturated rings. The van der Waals surface area contributed by atoms with Crippen LogP contribution in [-0.2, 0) is 17.7 Å². The third-order valence-electron chi connectivity index (χ3n) is 3.98. The first-order valence-corrected chi connectivity index (χ1v) is 7.35. The highest BCUT2D eigenvalue weighted by molar-refractivity contribution is 5.93. The Hall–Kier alpha value is -1.40. The van der Waals surface area contributed by atoms with Crippen LogP contribution in [0.25, 0.3) is 0 Å².